The van der Waals surface area contributed by atoms with Gasteiger partial charge in [0.25, 0.3) is 0 Å². The zero-order valence-corrected chi connectivity index (χ0v) is 31.0. The fourth-order valence-corrected chi connectivity index (χ4v) is 6.36. The lowest BCUT2D eigenvalue weighted by Gasteiger charge is -2.46. The van der Waals surface area contributed by atoms with Gasteiger partial charge in [-0.3, -0.25) is 0 Å². The molecule has 1 unspecified atom stereocenters. The summed E-state index contributed by atoms with van der Waals surface area (Å²) < 4.78 is 39.1. The van der Waals surface area contributed by atoms with Crippen LogP contribution in [0.2, 0.25) is 0 Å². The van der Waals surface area contributed by atoms with E-state index in [-0.39, 0.29) is 18.8 Å². The zero-order valence-electron chi connectivity index (χ0n) is 31.0. The van der Waals surface area contributed by atoms with Gasteiger partial charge in [0, 0.05) is 19.6 Å². The predicted octanol–water partition coefficient (Wildman–Crippen LogP) is 8.46. The minimum atomic E-state index is -0.619. The van der Waals surface area contributed by atoms with Crippen molar-refractivity contribution in [3.8, 4) is 0 Å². The molecule has 5 rings (SSSR count). The average Bonchev–Trinajstić information content (AvgIpc) is 3.14. The molecule has 1 amide bonds. The Morgan fingerprint density at radius 1 is 0.673 bits per heavy atom. The number of rotatable bonds is 18. The summed E-state index contributed by atoms with van der Waals surface area (Å²) in [4.78, 5) is 12.8. The first-order valence-corrected chi connectivity index (χ1v) is 18.5. The first kappa shape index (κ1) is 39.2. The highest BCUT2D eigenvalue weighted by molar-refractivity contribution is 5.67. The molecule has 0 bridgehead atoms. The highest BCUT2D eigenvalue weighted by Crippen LogP contribution is 2.33. The van der Waals surface area contributed by atoms with Crippen molar-refractivity contribution < 1.29 is 33.2 Å². The molecule has 4 aromatic rings. The van der Waals surface area contributed by atoms with Gasteiger partial charge in [0.05, 0.1) is 38.1 Å². The third-order valence-corrected chi connectivity index (χ3v) is 8.90. The minimum absolute atomic E-state index is 0.253. The van der Waals surface area contributed by atoms with Crippen molar-refractivity contribution in [2.24, 2.45) is 0 Å². The number of carbonyl (C=O) groups is 1. The summed E-state index contributed by atoms with van der Waals surface area (Å²) in [6, 6.07) is 40.7. The van der Waals surface area contributed by atoms with Gasteiger partial charge in [0.1, 0.15) is 23.9 Å². The van der Waals surface area contributed by atoms with Crippen molar-refractivity contribution in [1.29, 1.82) is 0 Å². The zero-order chi connectivity index (χ0) is 36.6. The van der Waals surface area contributed by atoms with Crippen molar-refractivity contribution in [2.45, 2.75) is 109 Å². The van der Waals surface area contributed by atoms with Crippen LogP contribution in [-0.4, -0.2) is 61.5 Å². The fourth-order valence-electron chi connectivity index (χ4n) is 6.36. The lowest BCUT2D eigenvalue weighted by molar-refractivity contribution is -0.265. The van der Waals surface area contributed by atoms with Crippen molar-refractivity contribution in [1.82, 2.24) is 5.32 Å². The Hall–Kier alpha value is -4.05. The highest BCUT2D eigenvalue weighted by Gasteiger charge is 2.47. The lowest BCUT2D eigenvalue weighted by Crippen LogP contribution is -2.60. The normalized spacial score (nSPS) is 21.0. The number of ether oxygens (including phenoxy) is 6. The maximum atomic E-state index is 12.8. The second-order valence-electron chi connectivity index (χ2n) is 14.4. The Morgan fingerprint density at radius 2 is 1.13 bits per heavy atom. The Bertz CT molecular complexity index is 1570. The summed E-state index contributed by atoms with van der Waals surface area (Å²) in [6.07, 6.45) is -0.786. The molecule has 52 heavy (non-hydrogen) atoms. The molecule has 1 N–H and O–H groups in total. The maximum absolute atomic E-state index is 12.8. The van der Waals surface area contributed by atoms with Gasteiger partial charge in [-0.2, -0.15) is 0 Å². The number of hydrogen-bond donors (Lipinski definition) is 1. The van der Waals surface area contributed by atoms with Gasteiger partial charge in [0.15, 0.2) is 0 Å². The number of benzene rings is 4. The molecule has 1 heterocycles. The summed E-state index contributed by atoms with van der Waals surface area (Å²) in [7, 11) is 0. The van der Waals surface area contributed by atoms with Crippen LogP contribution >= 0.6 is 0 Å². The summed E-state index contributed by atoms with van der Waals surface area (Å²) in [5, 5.41) is 2.94. The van der Waals surface area contributed by atoms with Crippen molar-refractivity contribution in [3.63, 3.8) is 0 Å². The van der Waals surface area contributed by atoms with E-state index in [1.54, 1.807) is 0 Å². The van der Waals surface area contributed by atoms with Crippen LogP contribution in [0, 0.1) is 0 Å². The van der Waals surface area contributed by atoms with Gasteiger partial charge in [-0.15, -0.1) is 0 Å². The molecule has 8 heteroatoms. The molecule has 1 aliphatic rings. The Labute approximate surface area is 309 Å². The summed E-state index contributed by atoms with van der Waals surface area (Å²) >= 11 is 0. The molecule has 0 aromatic heterocycles. The van der Waals surface area contributed by atoms with E-state index in [2.05, 4.69) is 41.7 Å². The number of alkyl carbamates (subject to hydrolysis) is 1. The smallest absolute Gasteiger partial charge is 0.407 e. The van der Waals surface area contributed by atoms with Crippen molar-refractivity contribution >= 4 is 6.09 Å². The Kier molecular flexibility index (Phi) is 15.3. The quantitative estimate of drug-likeness (QED) is 0.104. The second-order valence-corrected chi connectivity index (χ2v) is 14.4. The number of nitrogens with one attached hydrogen (secondary N) is 1. The monoisotopic (exact) mass is 709 g/mol. The van der Waals surface area contributed by atoms with E-state index in [0.29, 0.717) is 32.8 Å². The third kappa shape index (κ3) is 13.2. The van der Waals surface area contributed by atoms with Crippen molar-refractivity contribution in [2.75, 3.05) is 13.2 Å². The van der Waals surface area contributed by atoms with Gasteiger partial charge in [-0.25, -0.2) is 4.79 Å². The van der Waals surface area contributed by atoms with E-state index in [1.807, 2.05) is 113 Å². The summed E-state index contributed by atoms with van der Waals surface area (Å²) in [5.74, 6) is 0. The van der Waals surface area contributed by atoms with Gasteiger partial charge in [-0.1, -0.05) is 121 Å². The van der Waals surface area contributed by atoms with Crippen LogP contribution in [0.15, 0.2) is 121 Å². The molecule has 8 nitrogen and oxygen atoms in total. The van der Waals surface area contributed by atoms with Gasteiger partial charge >= 0.3 is 6.09 Å². The van der Waals surface area contributed by atoms with E-state index >= 15 is 0 Å². The number of amides is 1. The minimum Gasteiger partial charge on any atom is -0.444 e. The SMILES string of the molecule is C[C@@H]1O[C@@H](CC(CNC(=O)OC(C)(C)C)OCCCc2ccccc2)[C@@H](OCc2ccccc2)[C@H](OCc2ccccc2)[C@@H]1OCc1ccccc1. The van der Waals surface area contributed by atoms with Crippen LogP contribution in [0.25, 0.3) is 0 Å². The molecule has 0 spiro atoms. The molecular weight excluding hydrogens is 654 g/mol. The van der Waals surface area contributed by atoms with Crippen LogP contribution in [0.5, 0.6) is 0 Å². The van der Waals surface area contributed by atoms with E-state index in [9.17, 15) is 4.79 Å². The van der Waals surface area contributed by atoms with E-state index in [4.69, 9.17) is 28.4 Å². The van der Waals surface area contributed by atoms with Crippen LogP contribution in [0.1, 0.15) is 62.8 Å². The standard InChI is InChI=1S/C44H55NO7/c1-33-40(48-30-35-20-11-6-12-21-35)42(50-32-37-24-15-8-16-25-37)41(49-31-36-22-13-7-14-23-36)39(51-33)28-38(29-45-43(46)52-44(2,3)4)47-27-17-26-34-18-9-5-10-19-34/h5-16,18-25,33,38-42H,17,26-32H2,1-4H3,(H,45,46)/t33-,38?,39-,40+,41+,42+/m0/s1. The molecule has 6 atom stereocenters. The van der Waals surface area contributed by atoms with Crippen LogP contribution < -0.4 is 5.32 Å². The third-order valence-electron chi connectivity index (χ3n) is 8.90. The number of aryl methyl sites for hydroxylation is 1. The molecule has 0 saturated carbocycles. The first-order valence-electron chi connectivity index (χ1n) is 18.5. The average molecular weight is 710 g/mol. The molecule has 278 valence electrons. The van der Waals surface area contributed by atoms with E-state index < -0.39 is 36.1 Å². The molecular formula is C44H55NO7. The number of carbonyl (C=O) groups excluding carboxylic acids is 1. The first-order chi connectivity index (χ1) is 25.2. The Morgan fingerprint density at radius 3 is 1.63 bits per heavy atom. The second kappa shape index (κ2) is 20.3. The Balaban J connectivity index is 1.37. The van der Waals surface area contributed by atoms with Gasteiger partial charge < -0.3 is 33.7 Å². The van der Waals surface area contributed by atoms with E-state index in [0.717, 1.165) is 29.5 Å². The molecule has 1 saturated heterocycles. The molecule has 0 aliphatic carbocycles. The fraction of sp³-hybridized carbons (Fsp3) is 0.432. The van der Waals surface area contributed by atoms with Gasteiger partial charge in [-0.05, 0) is 62.8 Å². The van der Waals surface area contributed by atoms with Crippen molar-refractivity contribution in [3.05, 3.63) is 144 Å². The largest absolute Gasteiger partial charge is 0.444 e. The molecule has 0 radical (unpaired) electrons. The maximum Gasteiger partial charge on any atom is 0.407 e. The molecule has 4 aromatic carbocycles. The summed E-state index contributed by atoms with van der Waals surface area (Å²) in [5.41, 5.74) is 3.81. The summed E-state index contributed by atoms with van der Waals surface area (Å²) in [6.45, 7) is 9.52. The molecule has 1 fully saturated rings. The van der Waals surface area contributed by atoms with Crippen LogP contribution in [0.4, 0.5) is 4.79 Å². The lowest BCUT2D eigenvalue weighted by atomic mass is 9.91. The van der Waals surface area contributed by atoms with E-state index in [1.165, 1.54) is 5.56 Å². The van der Waals surface area contributed by atoms with Crippen LogP contribution in [-0.2, 0) is 54.7 Å². The topological polar surface area (TPSA) is 84.5 Å². The van der Waals surface area contributed by atoms with Gasteiger partial charge in [0.2, 0.25) is 0 Å². The number of hydrogen-bond acceptors (Lipinski definition) is 7. The highest BCUT2D eigenvalue weighted by atomic mass is 16.6. The predicted molar refractivity (Wildman–Crippen MR) is 203 cm³/mol. The van der Waals surface area contributed by atoms with Crippen LogP contribution in [0.3, 0.4) is 0 Å². The molecule has 1 aliphatic heterocycles.